The third-order valence-corrected chi connectivity index (χ3v) is 7.45. The van der Waals surface area contributed by atoms with Crippen molar-refractivity contribution in [2.75, 3.05) is 13.1 Å². The molecule has 0 N–H and O–H groups in total. The molecule has 0 saturated carbocycles. The predicted molar refractivity (Wildman–Crippen MR) is 126 cm³/mol. The minimum atomic E-state index is -0.436. The average molecular weight is 449 g/mol. The summed E-state index contributed by atoms with van der Waals surface area (Å²) >= 11 is 1.73. The standard InChI is InChI=1S/C24H24N4O3S/c1-2-27-23(30)17-7-3-5-9-19(17)28(24(27)31)15-21(29)26-13-11-16(12-14-26)22-25-18-8-4-6-10-20(18)32-22/h3-10,16H,2,11-15H2,1H3. The predicted octanol–water partition coefficient (Wildman–Crippen LogP) is 3.20. The molecule has 1 aliphatic rings. The van der Waals surface area contributed by atoms with Crippen molar-refractivity contribution in [3.05, 3.63) is 74.4 Å². The molecule has 0 radical (unpaired) electrons. The maximum absolute atomic E-state index is 13.1. The van der Waals surface area contributed by atoms with Crippen LogP contribution in [0, 0.1) is 0 Å². The number of fused-ring (bicyclic) bond motifs is 2. The molecule has 2 aromatic heterocycles. The summed E-state index contributed by atoms with van der Waals surface area (Å²) < 4.78 is 3.82. The lowest BCUT2D eigenvalue weighted by Gasteiger charge is -2.31. The second-order valence-corrected chi connectivity index (χ2v) is 9.17. The summed E-state index contributed by atoms with van der Waals surface area (Å²) in [7, 11) is 0. The van der Waals surface area contributed by atoms with Gasteiger partial charge in [-0.3, -0.25) is 18.7 Å². The lowest BCUT2D eigenvalue weighted by atomic mass is 9.97. The number of aromatic nitrogens is 3. The quantitative estimate of drug-likeness (QED) is 0.480. The Morgan fingerprint density at radius 1 is 1.03 bits per heavy atom. The van der Waals surface area contributed by atoms with Gasteiger partial charge in [-0.15, -0.1) is 11.3 Å². The Kier molecular flexibility index (Phi) is 5.38. The van der Waals surface area contributed by atoms with Gasteiger partial charge in [0.1, 0.15) is 6.54 Å². The molecule has 164 valence electrons. The van der Waals surface area contributed by atoms with Crippen molar-refractivity contribution in [2.45, 2.75) is 38.8 Å². The van der Waals surface area contributed by atoms with E-state index in [1.807, 2.05) is 23.1 Å². The van der Waals surface area contributed by atoms with E-state index >= 15 is 0 Å². The molecule has 5 rings (SSSR count). The molecular weight excluding hydrogens is 424 g/mol. The van der Waals surface area contributed by atoms with E-state index in [0.717, 1.165) is 23.4 Å². The number of hydrogen-bond acceptors (Lipinski definition) is 5. The first-order valence-corrected chi connectivity index (χ1v) is 11.7. The van der Waals surface area contributed by atoms with Crippen LogP contribution in [-0.4, -0.2) is 38.0 Å². The number of likely N-dealkylation sites (tertiary alicyclic amines) is 1. The Balaban J connectivity index is 1.35. The van der Waals surface area contributed by atoms with Crippen LogP contribution in [0.25, 0.3) is 21.1 Å². The molecule has 32 heavy (non-hydrogen) atoms. The van der Waals surface area contributed by atoms with Gasteiger partial charge in [-0.2, -0.15) is 0 Å². The van der Waals surface area contributed by atoms with Gasteiger partial charge in [-0.05, 0) is 44.0 Å². The number of rotatable bonds is 4. The first-order chi connectivity index (χ1) is 15.6. The van der Waals surface area contributed by atoms with Crippen LogP contribution in [-0.2, 0) is 17.9 Å². The van der Waals surface area contributed by atoms with Crippen LogP contribution >= 0.6 is 11.3 Å². The molecule has 0 unspecified atom stereocenters. The Labute approximate surface area is 188 Å². The highest BCUT2D eigenvalue weighted by atomic mass is 32.1. The van der Waals surface area contributed by atoms with Crippen molar-refractivity contribution in [1.29, 1.82) is 0 Å². The van der Waals surface area contributed by atoms with E-state index in [4.69, 9.17) is 4.98 Å². The van der Waals surface area contributed by atoms with Crippen molar-refractivity contribution >= 4 is 38.4 Å². The second kappa shape index (κ2) is 8.35. The van der Waals surface area contributed by atoms with E-state index < -0.39 is 5.69 Å². The molecule has 7 nitrogen and oxygen atoms in total. The molecule has 2 aromatic carbocycles. The van der Waals surface area contributed by atoms with Crippen molar-refractivity contribution in [3.63, 3.8) is 0 Å². The molecule has 1 fully saturated rings. The maximum Gasteiger partial charge on any atom is 0.331 e. The minimum absolute atomic E-state index is 0.0641. The zero-order valence-corrected chi connectivity index (χ0v) is 18.7. The summed E-state index contributed by atoms with van der Waals surface area (Å²) in [4.78, 5) is 45.2. The molecule has 0 aliphatic carbocycles. The number of para-hydroxylation sites is 2. The van der Waals surface area contributed by atoms with Crippen LogP contribution in [0.2, 0.25) is 0 Å². The van der Waals surface area contributed by atoms with Crippen LogP contribution in [0.3, 0.4) is 0 Å². The summed E-state index contributed by atoms with van der Waals surface area (Å²) in [5.74, 6) is 0.253. The van der Waals surface area contributed by atoms with Gasteiger partial charge in [0, 0.05) is 25.6 Å². The van der Waals surface area contributed by atoms with Gasteiger partial charge in [0.2, 0.25) is 5.91 Å². The normalized spacial score (nSPS) is 15.0. The number of benzene rings is 2. The number of thiazole rings is 1. The SMILES string of the molecule is CCn1c(=O)c2ccccc2n(CC(=O)N2CCC(c3nc4ccccc4s3)CC2)c1=O. The summed E-state index contributed by atoms with van der Waals surface area (Å²) in [6.07, 6.45) is 1.71. The van der Waals surface area contributed by atoms with Crippen molar-refractivity contribution in [2.24, 2.45) is 0 Å². The summed E-state index contributed by atoms with van der Waals surface area (Å²) in [6, 6.07) is 15.1. The third kappa shape index (κ3) is 3.54. The summed E-state index contributed by atoms with van der Waals surface area (Å²) in [5.41, 5.74) is 0.788. The number of amides is 1. The van der Waals surface area contributed by atoms with E-state index in [0.29, 0.717) is 29.9 Å². The fraction of sp³-hybridized carbons (Fsp3) is 0.333. The lowest BCUT2D eigenvalue weighted by Crippen LogP contribution is -2.44. The molecule has 3 heterocycles. The van der Waals surface area contributed by atoms with E-state index in [1.54, 1.807) is 42.5 Å². The van der Waals surface area contributed by atoms with Gasteiger partial charge in [0.05, 0.1) is 26.1 Å². The molecule has 1 amide bonds. The highest BCUT2D eigenvalue weighted by molar-refractivity contribution is 7.18. The van der Waals surface area contributed by atoms with Crippen molar-refractivity contribution < 1.29 is 4.79 Å². The van der Waals surface area contributed by atoms with Crippen molar-refractivity contribution in [3.8, 4) is 0 Å². The number of carbonyl (C=O) groups excluding carboxylic acids is 1. The smallest absolute Gasteiger partial charge is 0.331 e. The highest BCUT2D eigenvalue weighted by Gasteiger charge is 2.26. The first-order valence-electron chi connectivity index (χ1n) is 10.9. The molecule has 1 saturated heterocycles. The number of nitrogens with zero attached hydrogens (tertiary/aromatic N) is 4. The Morgan fingerprint density at radius 2 is 1.75 bits per heavy atom. The van der Waals surface area contributed by atoms with Gasteiger partial charge < -0.3 is 4.90 Å². The number of carbonyl (C=O) groups is 1. The first kappa shape index (κ1) is 20.6. The van der Waals surface area contributed by atoms with Gasteiger partial charge in [0.25, 0.3) is 5.56 Å². The summed E-state index contributed by atoms with van der Waals surface area (Å²) in [6.45, 7) is 3.24. The van der Waals surface area contributed by atoms with E-state index in [9.17, 15) is 14.4 Å². The van der Waals surface area contributed by atoms with Gasteiger partial charge in [-0.1, -0.05) is 24.3 Å². The molecular formula is C24H24N4O3S. The number of hydrogen-bond donors (Lipinski definition) is 0. The topological polar surface area (TPSA) is 77.2 Å². The van der Waals surface area contributed by atoms with Gasteiger partial charge in [-0.25, -0.2) is 9.78 Å². The Hall–Kier alpha value is -3.26. The Morgan fingerprint density at radius 3 is 2.50 bits per heavy atom. The lowest BCUT2D eigenvalue weighted by molar-refractivity contribution is -0.132. The fourth-order valence-corrected chi connectivity index (χ4v) is 5.61. The molecule has 0 atom stereocenters. The van der Waals surface area contributed by atoms with Crippen molar-refractivity contribution in [1.82, 2.24) is 19.0 Å². The molecule has 4 aromatic rings. The van der Waals surface area contributed by atoms with Gasteiger partial charge in [0.15, 0.2) is 0 Å². The zero-order chi connectivity index (χ0) is 22.2. The molecule has 0 spiro atoms. The molecule has 1 aliphatic heterocycles. The van der Waals surface area contributed by atoms with Crippen LogP contribution in [0.4, 0.5) is 0 Å². The zero-order valence-electron chi connectivity index (χ0n) is 17.9. The van der Waals surface area contributed by atoms with Crippen LogP contribution in [0.5, 0.6) is 0 Å². The van der Waals surface area contributed by atoms with Crippen LogP contribution in [0.15, 0.2) is 58.1 Å². The fourth-order valence-electron chi connectivity index (χ4n) is 4.48. The van der Waals surface area contributed by atoms with E-state index in [1.165, 1.54) is 13.8 Å². The average Bonchev–Trinajstić information content (AvgIpc) is 3.26. The highest BCUT2D eigenvalue weighted by Crippen LogP contribution is 2.33. The van der Waals surface area contributed by atoms with E-state index in [-0.39, 0.29) is 24.6 Å². The van der Waals surface area contributed by atoms with Gasteiger partial charge >= 0.3 is 5.69 Å². The molecule has 8 heteroatoms. The molecule has 0 bridgehead atoms. The van der Waals surface area contributed by atoms with E-state index in [2.05, 4.69) is 6.07 Å². The summed E-state index contributed by atoms with van der Waals surface area (Å²) in [5, 5.41) is 1.59. The third-order valence-electron chi connectivity index (χ3n) is 6.25. The monoisotopic (exact) mass is 448 g/mol. The minimum Gasteiger partial charge on any atom is -0.341 e. The van der Waals surface area contributed by atoms with Crippen LogP contribution in [0.1, 0.15) is 30.7 Å². The largest absolute Gasteiger partial charge is 0.341 e. The second-order valence-electron chi connectivity index (χ2n) is 8.11. The Bertz CT molecular complexity index is 1390. The maximum atomic E-state index is 13.1. The van der Waals surface area contributed by atoms with Crippen LogP contribution < -0.4 is 11.2 Å². The number of piperidine rings is 1.